The summed E-state index contributed by atoms with van der Waals surface area (Å²) in [5, 5.41) is 2.74. The minimum absolute atomic E-state index is 0.336. The van der Waals surface area contributed by atoms with E-state index < -0.39 is 22.7 Å². The fourth-order valence-electron chi connectivity index (χ4n) is 2.31. The van der Waals surface area contributed by atoms with Gasteiger partial charge >= 0.3 is 5.97 Å². The summed E-state index contributed by atoms with van der Waals surface area (Å²) in [6.45, 7) is 3.51. The van der Waals surface area contributed by atoms with Crippen molar-refractivity contribution in [3.8, 4) is 0 Å². The van der Waals surface area contributed by atoms with Crippen molar-refractivity contribution >= 4 is 28.4 Å². The molecule has 132 valence electrons. The second kappa shape index (κ2) is 8.58. The molecule has 0 aliphatic rings. The van der Waals surface area contributed by atoms with Crippen molar-refractivity contribution < 1.29 is 18.5 Å². The summed E-state index contributed by atoms with van der Waals surface area (Å²) in [4.78, 5) is 24.1. The molecular weight excluding hydrogens is 338 g/mol. The van der Waals surface area contributed by atoms with Crippen LogP contribution in [-0.2, 0) is 26.1 Å². The molecule has 2 aromatic rings. The van der Waals surface area contributed by atoms with Gasteiger partial charge in [0.15, 0.2) is 6.61 Å². The average Bonchev–Trinajstić information content (AvgIpc) is 2.56. The standard InChI is InChI=1S/C19H21NO4S/c1-13-6-4-9-17(14(13)2)20-18(21)11-24-19(22)16-8-5-7-15(10-16)12-25(3)23/h4-10H,11-12H2,1-3H3,(H,20,21). The van der Waals surface area contributed by atoms with E-state index in [9.17, 15) is 13.8 Å². The maximum atomic E-state index is 12.1. The lowest BCUT2D eigenvalue weighted by Gasteiger charge is -2.11. The van der Waals surface area contributed by atoms with Crippen molar-refractivity contribution in [1.29, 1.82) is 0 Å². The van der Waals surface area contributed by atoms with E-state index in [1.54, 1.807) is 36.6 Å². The molecule has 2 rings (SSSR count). The topological polar surface area (TPSA) is 72.5 Å². The summed E-state index contributed by atoms with van der Waals surface area (Å²) in [5.74, 6) is -0.610. The number of carbonyl (C=O) groups excluding carboxylic acids is 2. The summed E-state index contributed by atoms with van der Waals surface area (Å²) < 4.78 is 16.3. The zero-order valence-corrected chi connectivity index (χ0v) is 15.3. The van der Waals surface area contributed by atoms with Gasteiger partial charge < -0.3 is 10.1 Å². The number of esters is 1. The maximum absolute atomic E-state index is 12.1. The third kappa shape index (κ3) is 5.53. The second-order valence-corrected chi connectivity index (χ2v) is 7.22. The van der Waals surface area contributed by atoms with E-state index in [-0.39, 0.29) is 6.61 Å². The highest BCUT2D eigenvalue weighted by Gasteiger charge is 2.12. The van der Waals surface area contributed by atoms with Crippen molar-refractivity contribution in [2.75, 3.05) is 18.2 Å². The van der Waals surface area contributed by atoms with Gasteiger partial charge in [0, 0.05) is 28.5 Å². The number of anilines is 1. The smallest absolute Gasteiger partial charge is 0.338 e. The molecule has 0 aliphatic carbocycles. The van der Waals surface area contributed by atoms with E-state index in [2.05, 4.69) is 5.32 Å². The molecule has 2 aromatic carbocycles. The van der Waals surface area contributed by atoms with Crippen LogP contribution in [0.2, 0.25) is 0 Å². The van der Waals surface area contributed by atoms with Gasteiger partial charge in [-0.25, -0.2) is 4.79 Å². The van der Waals surface area contributed by atoms with Crippen molar-refractivity contribution in [3.63, 3.8) is 0 Å². The van der Waals surface area contributed by atoms with Gasteiger partial charge in [0.2, 0.25) is 0 Å². The van der Waals surface area contributed by atoms with Gasteiger partial charge in [-0.15, -0.1) is 0 Å². The summed E-state index contributed by atoms with van der Waals surface area (Å²) in [6, 6.07) is 12.4. The minimum Gasteiger partial charge on any atom is -0.452 e. The first-order valence-electron chi connectivity index (χ1n) is 7.79. The van der Waals surface area contributed by atoms with Crippen LogP contribution in [0.4, 0.5) is 5.69 Å². The Labute approximate surface area is 149 Å². The molecule has 0 saturated heterocycles. The van der Waals surface area contributed by atoms with E-state index in [0.717, 1.165) is 16.7 Å². The highest BCUT2D eigenvalue weighted by molar-refractivity contribution is 7.83. The molecule has 1 N–H and O–H groups in total. The average molecular weight is 359 g/mol. The van der Waals surface area contributed by atoms with E-state index in [0.29, 0.717) is 17.0 Å². The molecule has 0 aliphatic heterocycles. The highest BCUT2D eigenvalue weighted by Crippen LogP contribution is 2.17. The van der Waals surface area contributed by atoms with Crippen LogP contribution in [0.15, 0.2) is 42.5 Å². The van der Waals surface area contributed by atoms with Crippen LogP contribution < -0.4 is 5.32 Å². The van der Waals surface area contributed by atoms with E-state index in [1.807, 2.05) is 26.0 Å². The third-order valence-corrected chi connectivity index (χ3v) is 4.49. The Morgan fingerprint density at radius 2 is 1.84 bits per heavy atom. The molecule has 1 unspecified atom stereocenters. The summed E-state index contributed by atoms with van der Waals surface area (Å²) in [7, 11) is -0.992. The molecule has 6 heteroatoms. The van der Waals surface area contributed by atoms with E-state index >= 15 is 0 Å². The predicted molar refractivity (Wildman–Crippen MR) is 99.0 cm³/mol. The highest BCUT2D eigenvalue weighted by atomic mass is 32.2. The van der Waals surface area contributed by atoms with Crippen LogP contribution in [0.1, 0.15) is 27.0 Å². The van der Waals surface area contributed by atoms with Gasteiger partial charge in [0.1, 0.15) is 0 Å². The number of ether oxygens (including phenoxy) is 1. The number of hydrogen-bond donors (Lipinski definition) is 1. The fraction of sp³-hybridized carbons (Fsp3) is 0.263. The number of rotatable bonds is 6. The largest absolute Gasteiger partial charge is 0.452 e. The second-order valence-electron chi connectivity index (χ2n) is 5.79. The van der Waals surface area contributed by atoms with Gasteiger partial charge in [0.05, 0.1) is 5.56 Å². The fourth-order valence-corrected chi connectivity index (χ4v) is 2.96. The quantitative estimate of drug-likeness (QED) is 0.805. The molecule has 1 amide bonds. The lowest BCUT2D eigenvalue weighted by molar-refractivity contribution is -0.119. The Hall–Kier alpha value is -2.47. The van der Waals surface area contributed by atoms with Crippen LogP contribution in [0.5, 0.6) is 0 Å². The molecule has 0 heterocycles. The minimum atomic E-state index is -0.992. The van der Waals surface area contributed by atoms with Crippen LogP contribution in [0.25, 0.3) is 0 Å². The van der Waals surface area contributed by atoms with Crippen LogP contribution in [0, 0.1) is 13.8 Å². The van der Waals surface area contributed by atoms with Crippen molar-refractivity contribution in [2.24, 2.45) is 0 Å². The van der Waals surface area contributed by atoms with Crippen LogP contribution >= 0.6 is 0 Å². The normalized spacial score (nSPS) is 11.6. The number of carbonyl (C=O) groups is 2. The first-order valence-corrected chi connectivity index (χ1v) is 9.51. The monoisotopic (exact) mass is 359 g/mol. The van der Waals surface area contributed by atoms with Crippen molar-refractivity contribution in [2.45, 2.75) is 19.6 Å². The van der Waals surface area contributed by atoms with Crippen LogP contribution in [-0.4, -0.2) is 28.9 Å². The summed E-state index contributed by atoms with van der Waals surface area (Å²) in [6.07, 6.45) is 1.60. The first-order chi connectivity index (χ1) is 11.9. The molecule has 0 aromatic heterocycles. The molecule has 0 spiro atoms. The number of aryl methyl sites for hydroxylation is 1. The lowest BCUT2D eigenvalue weighted by Crippen LogP contribution is -2.21. The maximum Gasteiger partial charge on any atom is 0.338 e. The third-order valence-electron chi connectivity index (χ3n) is 3.75. The van der Waals surface area contributed by atoms with E-state index in [1.165, 1.54) is 0 Å². The van der Waals surface area contributed by atoms with Gasteiger partial charge in [-0.1, -0.05) is 24.3 Å². The Morgan fingerprint density at radius 1 is 1.12 bits per heavy atom. The molecule has 5 nitrogen and oxygen atoms in total. The number of amides is 1. The number of benzene rings is 2. The van der Waals surface area contributed by atoms with E-state index in [4.69, 9.17) is 4.74 Å². The molecule has 0 saturated carbocycles. The predicted octanol–water partition coefficient (Wildman–Crippen LogP) is 2.98. The molecule has 0 fully saturated rings. The Morgan fingerprint density at radius 3 is 2.56 bits per heavy atom. The van der Waals surface area contributed by atoms with Gasteiger partial charge in [-0.3, -0.25) is 9.00 Å². The molecular formula is C19H21NO4S. The Bertz CT molecular complexity index is 817. The summed E-state index contributed by atoms with van der Waals surface area (Å²) in [5.41, 5.74) is 3.87. The molecule has 0 radical (unpaired) electrons. The lowest BCUT2D eigenvalue weighted by atomic mass is 10.1. The zero-order chi connectivity index (χ0) is 18.4. The van der Waals surface area contributed by atoms with Gasteiger partial charge in [0.25, 0.3) is 5.91 Å². The molecule has 1 atom stereocenters. The van der Waals surface area contributed by atoms with Crippen molar-refractivity contribution in [3.05, 3.63) is 64.7 Å². The molecule has 0 bridgehead atoms. The van der Waals surface area contributed by atoms with Gasteiger partial charge in [-0.05, 0) is 48.7 Å². The summed E-state index contributed by atoms with van der Waals surface area (Å²) >= 11 is 0. The number of hydrogen-bond acceptors (Lipinski definition) is 4. The first kappa shape index (κ1) is 18.9. The van der Waals surface area contributed by atoms with Gasteiger partial charge in [-0.2, -0.15) is 0 Å². The SMILES string of the molecule is Cc1cccc(NC(=O)COC(=O)c2cccc(CS(C)=O)c2)c1C. The van der Waals surface area contributed by atoms with Crippen LogP contribution in [0.3, 0.4) is 0 Å². The number of nitrogens with one attached hydrogen (secondary N) is 1. The zero-order valence-electron chi connectivity index (χ0n) is 14.5. The molecule has 25 heavy (non-hydrogen) atoms. The van der Waals surface area contributed by atoms with Crippen molar-refractivity contribution in [1.82, 2.24) is 0 Å². The Balaban J connectivity index is 1.94. The Kier molecular flexibility index (Phi) is 6.47.